The van der Waals surface area contributed by atoms with Crippen LogP contribution in [0.15, 0.2) is 34.8 Å². The molecule has 2 nitrogen and oxygen atoms in total. The van der Waals surface area contributed by atoms with Crippen LogP contribution < -0.4 is 0 Å². The minimum Gasteiger partial charge on any atom is -0.289 e. The Hall–Kier alpha value is -2.00. The molecule has 0 spiro atoms. The van der Waals surface area contributed by atoms with Crippen molar-refractivity contribution < 1.29 is 9.59 Å². The van der Waals surface area contributed by atoms with Gasteiger partial charge in [-0.3, -0.25) is 9.59 Å². The van der Waals surface area contributed by atoms with Gasteiger partial charge < -0.3 is 0 Å². The number of carbonyl (C=O) groups is 2. The van der Waals surface area contributed by atoms with Crippen LogP contribution in [-0.4, -0.2) is 11.6 Å². The van der Waals surface area contributed by atoms with E-state index in [9.17, 15) is 9.59 Å². The van der Waals surface area contributed by atoms with Gasteiger partial charge in [-0.1, -0.05) is 24.3 Å². The molecule has 0 bridgehead atoms. The summed E-state index contributed by atoms with van der Waals surface area (Å²) < 4.78 is 0.316. The minimum atomic E-state index is -0.136. The van der Waals surface area contributed by atoms with Crippen LogP contribution in [0, 0.1) is 0 Å². The fourth-order valence-corrected chi connectivity index (χ4v) is 3.21. The number of allylic oxidation sites excluding steroid dienone is 2. The van der Waals surface area contributed by atoms with Crippen molar-refractivity contribution in [3.63, 3.8) is 0 Å². The lowest BCUT2D eigenvalue weighted by Crippen LogP contribution is -2.00. The van der Waals surface area contributed by atoms with Crippen LogP contribution in [0.2, 0.25) is 0 Å². The van der Waals surface area contributed by atoms with Crippen molar-refractivity contribution in [2.45, 2.75) is 0 Å². The molecule has 0 aromatic heterocycles. The number of halogens is 1. The van der Waals surface area contributed by atoms with Crippen molar-refractivity contribution in [3.05, 3.63) is 57.1 Å². The number of ketones is 2. The van der Waals surface area contributed by atoms with Gasteiger partial charge >= 0.3 is 0 Å². The van der Waals surface area contributed by atoms with E-state index in [-0.39, 0.29) is 11.6 Å². The Balaban J connectivity index is 2.28. The van der Waals surface area contributed by atoms with Gasteiger partial charge in [-0.15, -0.1) is 0 Å². The maximum Gasteiger partial charge on any atom is 0.200 e. The Morgan fingerprint density at radius 1 is 0.789 bits per heavy atom. The molecule has 0 atom stereocenters. The highest BCUT2D eigenvalue weighted by Crippen LogP contribution is 2.38. The summed E-state index contributed by atoms with van der Waals surface area (Å²) >= 11 is 3.20. The molecular formula is C16H7BrO2. The van der Waals surface area contributed by atoms with Gasteiger partial charge in [0.05, 0.1) is 4.48 Å². The van der Waals surface area contributed by atoms with E-state index in [0.717, 1.165) is 21.9 Å². The third kappa shape index (κ3) is 1.31. The molecule has 0 saturated carbocycles. The van der Waals surface area contributed by atoms with Crippen LogP contribution in [-0.2, 0) is 0 Å². The van der Waals surface area contributed by atoms with E-state index in [1.165, 1.54) is 6.08 Å². The summed E-state index contributed by atoms with van der Waals surface area (Å²) in [6.45, 7) is 0. The van der Waals surface area contributed by atoms with Crippen molar-refractivity contribution in [3.8, 4) is 0 Å². The first-order chi connectivity index (χ1) is 9.16. The summed E-state index contributed by atoms with van der Waals surface area (Å²) in [5.74, 6) is -0.266. The first kappa shape index (κ1) is 10.9. The Kier molecular flexibility index (Phi) is 2.01. The van der Waals surface area contributed by atoms with Crippen LogP contribution in [0.4, 0.5) is 0 Å². The molecule has 2 aromatic rings. The van der Waals surface area contributed by atoms with E-state index < -0.39 is 0 Å². The molecule has 0 fully saturated rings. The number of benzene rings is 2. The van der Waals surface area contributed by atoms with Gasteiger partial charge in [-0.05, 0) is 44.6 Å². The molecular weight excluding hydrogens is 304 g/mol. The van der Waals surface area contributed by atoms with Gasteiger partial charge in [0.15, 0.2) is 5.78 Å². The van der Waals surface area contributed by atoms with Crippen LogP contribution in [0.25, 0.3) is 22.9 Å². The third-order valence-corrected chi connectivity index (χ3v) is 4.24. The fourth-order valence-electron chi connectivity index (χ4n) is 2.79. The first-order valence-corrected chi connectivity index (χ1v) is 6.70. The van der Waals surface area contributed by atoms with E-state index in [1.807, 2.05) is 24.3 Å². The SMILES string of the molecule is O=C1C=C(Br)C(=O)c2ccc3c4c(ccc1c24)C=C3. The molecule has 0 aliphatic heterocycles. The lowest BCUT2D eigenvalue weighted by molar-refractivity contribution is 0.102. The zero-order valence-corrected chi connectivity index (χ0v) is 11.3. The normalized spacial score (nSPS) is 15.9. The molecule has 0 saturated heterocycles. The van der Waals surface area contributed by atoms with E-state index in [0.29, 0.717) is 15.6 Å². The highest BCUT2D eigenvalue weighted by molar-refractivity contribution is 9.12. The van der Waals surface area contributed by atoms with Gasteiger partial charge in [0.2, 0.25) is 5.78 Å². The molecule has 2 aliphatic rings. The molecule has 19 heavy (non-hydrogen) atoms. The molecule has 90 valence electrons. The summed E-state index contributed by atoms with van der Waals surface area (Å²) in [5.41, 5.74) is 3.32. The second-order valence-electron chi connectivity index (χ2n) is 4.67. The monoisotopic (exact) mass is 310 g/mol. The number of rotatable bonds is 0. The average Bonchev–Trinajstić information content (AvgIpc) is 2.80. The zero-order chi connectivity index (χ0) is 13.1. The van der Waals surface area contributed by atoms with Gasteiger partial charge in [0.1, 0.15) is 0 Å². The van der Waals surface area contributed by atoms with Crippen molar-refractivity contribution in [1.29, 1.82) is 0 Å². The maximum absolute atomic E-state index is 12.3. The predicted octanol–water partition coefficient (Wildman–Crippen LogP) is 3.98. The number of carbonyl (C=O) groups excluding carboxylic acids is 2. The van der Waals surface area contributed by atoms with Crippen LogP contribution in [0.5, 0.6) is 0 Å². The molecule has 4 rings (SSSR count). The topological polar surface area (TPSA) is 34.1 Å². The highest BCUT2D eigenvalue weighted by atomic mass is 79.9. The van der Waals surface area contributed by atoms with Crippen molar-refractivity contribution in [2.24, 2.45) is 0 Å². The van der Waals surface area contributed by atoms with Crippen LogP contribution in [0.3, 0.4) is 0 Å². The average molecular weight is 311 g/mol. The van der Waals surface area contributed by atoms with Crippen molar-refractivity contribution in [1.82, 2.24) is 0 Å². The number of Topliss-reactive ketones (excluding diaryl/α,β-unsaturated/α-hetero) is 1. The molecule has 0 amide bonds. The zero-order valence-electron chi connectivity index (χ0n) is 9.74. The molecule has 0 unspecified atom stereocenters. The van der Waals surface area contributed by atoms with E-state index in [1.54, 1.807) is 12.1 Å². The molecule has 0 heterocycles. The largest absolute Gasteiger partial charge is 0.289 e. The summed E-state index contributed by atoms with van der Waals surface area (Å²) in [6, 6.07) is 7.47. The van der Waals surface area contributed by atoms with Gasteiger partial charge in [0, 0.05) is 22.6 Å². The molecule has 0 N–H and O–H groups in total. The summed E-state index contributed by atoms with van der Waals surface area (Å²) in [7, 11) is 0. The van der Waals surface area contributed by atoms with Crippen molar-refractivity contribution in [2.75, 3.05) is 0 Å². The van der Waals surface area contributed by atoms with Crippen LogP contribution in [0.1, 0.15) is 31.8 Å². The highest BCUT2D eigenvalue weighted by Gasteiger charge is 2.25. The summed E-state index contributed by atoms with van der Waals surface area (Å²) in [4.78, 5) is 24.5. The van der Waals surface area contributed by atoms with E-state index in [4.69, 9.17) is 0 Å². The second kappa shape index (κ2) is 3.52. The summed E-state index contributed by atoms with van der Waals surface area (Å²) in [5, 5.41) is 1.79. The smallest absolute Gasteiger partial charge is 0.200 e. The lowest BCUT2D eigenvalue weighted by atomic mass is 9.93. The Bertz CT molecular complexity index is 844. The first-order valence-electron chi connectivity index (χ1n) is 5.91. The standard InChI is InChI=1S/C16H7BrO2/c17-12-7-13(18)10-5-3-8-1-2-9-4-6-11(16(12)19)15(10)14(8)9/h1-7H. The predicted molar refractivity (Wildman–Crippen MR) is 78.5 cm³/mol. The lowest BCUT2D eigenvalue weighted by Gasteiger charge is -2.09. The van der Waals surface area contributed by atoms with Gasteiger partial charge in [0.25, 0.3) is 0 Å². The molecule has 2 aromatic carbocycles. The van der Waals surface area contributed by atoms with Gasteiger partial charge in [-0.2, -0.15) is 0 Å². The van der Waals surface area contributed by atoms with Gasteiger partial charge in [-0.25, -0.2) is 0 Å². The molecule has 3 heteroatoms. The minimum absolute atomic E-state index is 0.130. The Labute approximate surface area is 117 Å². The molecule has 0 radical (unpaired) electrons. The molecule has 2 aliphatic carbocycles. The van der Waals surface area contributed by atoms with Crippen molar-refractivity contribution >= 4 is 50.4 Å². The Morgan fingerprint density at radius 2 is 1.42 bits per heavy atom. The quantitative estimate of drug-likeness (QED) is 0.629. The maximum atomic E-state index is 12.3. The summed E-state index contributed by atoms with van der Waals surface area (Å²) in [6.07, 6.45) is 5.39. The second-order valence-corrected chi connectivity index (χ2v) is 5.53. The van der Waals surface area contributed by atoms with E-state index in [2.05, 4.69) is 15.9 Å². The third-order valence-electron chi connectivity index (χ3n) is 3.65. The number of hydrogen-bond acceptors (Lipinski definition) is 2. The Morgan fingerprint density at radius 3 is 2.11 bits per heavy atom. The fraction of sp³-hybridized carbons (Fsp3) is 0. The van der Waals surface area contributed by atoms with E-state index >= 15 is 0 Å². The van der Waals surface area contributed by atoms with Crippen LogP contribution >= 0.6 is 15.9 Å². The number of hydrogen-bond donors (Lipinski definition) is 0.